The lowest BCUT2D eigenvalue weighted by Gasteiger charge is -2.24. The van der Waals surface area contributed by atoms with Crippen LogP contribution in [0.1, 0.15) is 37.6 Å². The normalized spacial score (nSPS) is 19.0. The van der Waals surface area contributed by atoms with Crippen LogP contribution in [0, 0.1) is 0 Å². The summed E-state index contributed by atoms with van der Waals surface area (Å²) < 4.78 is 29.5. The standard InChI is InChI=1S/C17H24N4O2S/c1-3-14-6-9-16(10-7-14)24(22,23)21-12-4-5-15(21)8-11-17-19-18-13-20(17)2/h6-7,9-10,13,15H,3-5,8,11-12H2,1-2H3. The van der Waals surface area contributed by atoms with Crippen molar-refractivity contribution in [2.24, 2.45) is 7.05 Å². The van der Waals surface area contributed by atoms with Crippen molar-refractivity contribution in [1.82, 2.24) is 19.1 Å². The van der Waals surface area contributed by atoms with Gasteiger partial charge in [-0.2, -0.15) is 4.31 Å². The zero-order valence-electron chi connectivity index (χ0n) is 14.2. The molecule has 0 spiro atoms. The summed E-state index contributed by atoms with van der Waals surface area (Å²) in [7, 11) is -1.51. The average Bonchev–Trinajstić information content (AvgIpc) is 3.22. The highest BCUT2D eigenvalue weighted by atomic mass is 32.2. The minimum absolute atomic E-state index is 0.0394. The van der Waals surface area contributed by atoms with E-state index in [1.54, 1.807) is 22.8 Å². The second-order valence-corrected chi connectivity index (χ2v) is 8.20. The van der Waals surface area contributed by atoms with Gasteiger partial charge in [0.25, 0.3) is 0 Å². The van der Waals surface area contributed by atoms with Crippen LogP contribution in [0.3, 0.4) is 0 Å². The van der Waals surface area contributed by atoms with Gasteiger partial charge in [-0.15, -0.1) is 10.2 Å². The summed E-state index contributed by atoms with van der Waals surface area (Å²) in [6.07, 6.45) is 5.92. The molecule has 0 N–H and O–H groups in total. The van der Waals surface area contributed by atoms with Crippen molar-refractivity contribution in [1.29, 1.82) is 0 Å². The van der Waals surface area contributed by atoms with Crippen LogP contribution in [-0.2, 0) is 29.9 Å². The predicted octanol–water partition coefficient (Wildman–Crippen LogP) is 2.16. The molecule has 3 rings (SSSR count). The highest BCUT2D eigenvalue weighted by Crippen LogP contribution is 2.28. The molecule has 1 aromatic heterocycles. The summed E-state index contributed by atoms with van der Waals surface area (Å²) in [5, 5.41) is 7.97. The van der Waals surface area contributed by atoms with Crippen molar-refractivity contribution in [2.45, 2.75) is 50.0 Å². The first kappa shape index (κ1) is 17.1. The van der Waals surface area contributed by atoms with Crippen molar-refractivity contribution in [3.8, 4) is 0 Å². The van der Waals surface area contributed by atoms with Gasteiger partial charge in [-0.1, -0.05) is 19.1 Å². The summed E-state index contributed by atoms with van der Waals surface area (Å²) in [5.74, 6) is 0.895. The summed E-state index contributed by atoms with van der Waals surface area (Å²) in [4.78, 5) is 0.394. The van der Waals surface area contributed by atoms with Gasteiger partial charge < -0.3 is 4.57 Å². The summed E-state index contributed by atoms with van der Waals surface area (Å²) >= 11 is 0. The van der Waals surface area contributed by atoms with E-state index in [1.807, 2.05) is 23.7 Å². The number of hydrogen-bond acceptors (Lipinski definition) is 4. The van der Waals surface area contributed by atoms with E-state index < -0.39 is 10.0 Å². The Morgan fingerprint density at radius 3 is 2.62 bits per heavy atom. The summed E-state index contributed by atoms with van der Waals surface area (Å²) in [6.45, 7) is 2.66. The van der Waals surface area contributed by atoms with E-state index in [0.29, 0.717) is 11.4 Å². The first-order chi connectivity index (χ1) is 11.5. The third-order valence-electron chi connectivity index (χ3n) is 4.77. The molecule has 0 amide bonds. The number of aromatic nitrogens is 3. The molecule has 7 heteroatoms. The lowest BCUT2D eigenvalue weighted by molar-refractivity contribution is 0.367. The Bertz CT molecular complexity index is 783. The van der Waals surface area contributed by atoms with Gasteiger partial charge in [0.15, 0.2) is 0 Å². The van der Waals surface area contributed by atoms with Crippen molar-refractivity contribution >= 4 is 10.0 Å². The quantitative estimate of drug-likeness (QED) is 0.802. The Hall–Kier alpha value is -1.73. The lowest BCUT2D eigenvalue weighted by Crippen LogP contribution is -2.36. The van der Waals surface area contributed by atoms with E-state index in [-0.39, 0.29) is 6.04 Å². The van der Waals surface area contributed by atoms with Crippen molar-refractivity contribution in [2.75, 3.05) is 6.54 Å². The molecular weight excluding hydrogens is 324 g/mol. The molecule has 1 fully saturated rings. The minimum atomic E-state index is -3.42. The van der Waals surface area contributed by atoms with Gasteiger partial charge in [-0.05, 0) is 43.4 Å². The van der Waals surface area contributed by atoms with Crippen molar-refractivity contribution in [3.05, 3.63) is 42.0 Å². The largest absolute Gasteiger partial charge is 0.321 e. The van der Waals surface area contributed by atoms with Gasteiger partial charge in [0.05, 0.1) is 4.90 Å². The molecule has 24 heavy (non-hydrogen) atoms. The molecule has 1 aliphatic heterocycles. The molecule has 2 heterocycles. The molecule has 1 unspecified atom stereocenters. The topological polar surface area (TPSA) is 68.1 Å². The summed E-state index contributed by atoms with van der Waals surface area (Å²) in [5.41, 5.74) is 1.15. The zero-order chi connectivity index (χ0) is 17.2. The SMILES string of the molecule is CCc1ccc(S(=O)(=O)N2CCCC2CCc2nncn2C)cc1. The highest BCUT2D eigenvalue weighted by Gasteiger charge is 2.35. The Balaban J connectivity index is 1.74. The molecule has 6 nitrogen and oxygen atoms in total. The van der Waals surface area contributed by atoms with Crippen LogP contribution in [0.5, 0.6) is 0 Å². The molecule has 1 aromatic carbocycles. The minimum Gasteiger partial charge on any atom is -0.321 e. The van der Waals surface area contributed by atoms with Gasteiger partial charge in [-0.25, -0.2) is 8.42 Å². The number of rotatable bonds is 6. The van der Waals surface area contributed by atoms with Crippen LogP contribution in [-0.4, -0.2) is 40.1 Å². The molecule has 1 saturated heterocycles. The number of aryl methyl sites for hydroxylation is 3. The fraction of sp³-hybridized carbons (Fsp3) is 0.529. The molecule has 1 atom stereocenters. The maximum Gasteiger partial charge on any atom is 0.243 e. The predicted molar refractivity (Wildman–Crippen MR) is 92.1 cm³/mol. The fourth-order valence-corrected chi connectivity index (χ4v) is 5.00. The number of nitrogens with zero attached hydrogens (tertiary/aromatic N) is 4. The molecular formula is C17H24N4O2S. The molecule has 0 bridgehead atoms. The maximum atomic E-state index is 13.0. The molecule has 2 aromatic rings. The molecule has 0 saturated carbocycles. The van der Waals surface area contributed by atoms with Crippen molar-refractivity contribution < 1.29 is 8.42 Å². The number of hydrogen-bond donors (Lipinski definition) is 0. The van der Waals surface area contributed by atoms with Crippen LogP contribution in [0.2, 0.25) is 0 Å². The first-order valence-corrected chi connectivity index (χ1v) is 9.90. The van der Waals surface area contributed by atoms with Crippen LogP contribution in [0.25, 0.3) is 0 Å². The van der Waals surface area contributed by atoms with E-state index in [9.17, 15) is 8.42 Å². The molecule has 1 aliphatic rings. The van der Waals surface area contributed by atoms with Gasteiger partial charge >= 0.3 is 0 Å². The summed E-state index contributed by atoms with van der Waals surface area (Å²) in [6, 6.07) is 7.30. The average molecular weight is 348 g/mol. The van der Waals surface area contributed by atoms with E-state index in [4.69, 9.17) is 0 Å². The van der Waals surface area contributed by atoms with E-state index in [2.05, 4.69) is 17.1 Å². The van der Waals surface area contributed by atoms with Crippen LogP contribution >= 0.6 is 0 Å². The fourth-order valence-electron chi connectivity index (χ4n) is 3.28. The molecule has 0 aliphatic carbocycles. The number of sulfonamides is 1. The highest BCUT2D eigenvalue weighted by molar-refractivity contribution is 7.89. The second-order valence-electron chi connectivity index (χ2n) is 6.31. The Kier molecular flexibility index (Phi) is 5.01. The van der Waals surface area contributed by atoms with Gasteiger partial charge in [0.2, 0.25) is 10.0 Å². The lowest BCUT2D eigenvalue weighted by atomic mass is 10.1. The van der Waals surface area contributed by atoms with E-state index in [1.165, 1.54) is 0 Å². The van der Waals surface area contributed by atoms with Crippen LogP contribution in [0.4, 0.5) is 0 Å². The smallest absolute Gasteiger partial charge is 0.243 e. The van der Waals surface area contributed by atoms with E-state index in [0.717, 1.165) is 43.5 Å². The zero-order valence-corrected chi connectivity index (χ0v) is 15.0. The van der Waals surface area contributed by atoms with Crippen LogP contribution < -0.4 is 0 Å². The monoisotopic (exact) mass is 348 g/mol. The van der Waals surface area contributed by atoms with Gasteiger partial charge in [0.1, 0.15) is 12.2 Å². The Morgan fingerprint density at radius 2 is 2.00 bits per heavy atom. The third-order valence-corrected chi connectivity index (χ3v) is 6.73. The van der Waals surface area contributed by atoms with Crippen LogP contribution in [0.15, 0.2) is 35.5 Å². The van der Waals surface area contributed by atoms with Gasteiger partial charge in [-0.3, -0.25) is 0 Å². The Labute approximate surface area is 143 Å². The molecule has 0 radical (unpaired) electrons. The Morgan fingerprint density at radius 1 is 1.25 bits per heavy atom. The van der Waals surface area contributed by atoms with Gasteiger partial charge in [0, 0.05) is 26.1 Å². The second kappa shape index (κ2) is 7.03. The van der Waals surface area contributed by atoms with E-state index >= 15 is 0 Å². The first-order valence-electron chi connectivity index (χ1n) is 8.46. The number of benzene rings is 1. The van der Waals surface area contributed by atoms with Crippen molar-refractivity contribution in [3.63, 3.8) is 0 Å². The third kappa shape index (κ3) is 3.37. The maximum absolute atomic E-state index is 13.0. The molecule has 130 valence electrons.